The molecule has 1 unspecified atom stereocenters. The van der Waals surface area contributed by atoms with Gasteiger partial charge in [-0.1, -0.05) is 11.6 Å². The van der Waals surface area contributed by atoms with Crippen molar-refractivity contribution in [2.75, 3.05) is 0 Å². The van der Waals surface area contributed by atoms with Gasteiger partial charge in [0.05, 0.1) is 5.57 Å². The lowest BCUT2D eigenvalue weighted by Crippen LogP contribution is -2.44. The van der Waals surface area contributed by atoms with Gasteiger partial charge in [-0.3, -0.25) is 0 Å². The van der Waals surface area contributed by atoms with Crippen molar-refractivity contribution < 1.29 is 23.1 Å². The van der Waals surface area contributed by atoms with E-state index in [4.69, 9.17) is 16.7 Å². The minimum absolute atomic E-state index is 0.529. The van der Waals surface area contributed by atoms with Gasteiger partial charge in [0.2, 0.25) is 5.00 Å². The minimum atomic E-state index is -4.51. The van der Waals surface area contributed by atoms with E-state index in [-0.39, 0.29) is 0 Å². The number of dihydropyridines is 1. The molecule has 1 aliphatic rings. The summed E-state index contributed by atoms with van der Waals surface area (Å²) in [5.74, 6) is -1.46. The number of hydrogen-bond donors (Lipinski definition) is 2. The molecule has 78 valence electrons. The van der Waals surface area contributed by atoms with Crippen LogP contribution in [0.5, 0.6) is 0 Å². The molecule has 1 atom stereocenters. The predicted octanol–water partition coefficient (Wildman–Crippen LogP) is 1.61. The molecule has 0 fully saturated rings. The number of carboxylic acids is 1. The number of carbonyl (C=O) groups is 1. The van der Waals surface area contributed by atoms with Crippen LogP contribution in [0, 0.1) is 0 Å². The van der Waals surface area contributed by atoms with Gasteiger partial charge in [0.15, 0.2) is 0 Å². The van der Waals surface area contributed by atoms with E-state index in [0.717, 1.165) is 6.08 Å². The molecular weight excluding hydrogens is 223 g/mol. The molecule has 1 heterocycles. The average Bonchev–Trinajstić information content (AvgIpc) is 2.03. The highest BCUT2D eigenvalue weighted by molar-refractivity contribution is 6.35. The number of aliphatic carboxylic acids is 1. The van der Waals surface area contributed by atoms with Crippen molar-refractivity contribution in [2.45, 2.75) is 11.2 Å². The van der Waals surface area contributed by atoms with Gasteiger partial charge in [0, 0.05) is 6.20 Å². The lowest BCUT2D eigenvalue weighted by Gasteiger charge is -2.23. The number of rotatable bonds is 1. The van der Waals surface area contributed by atoms with Crippen LogP contribution in [0.15, 0.2) is 23.9 Å². The maximum Gasteiger partial charge on any atom is 0.417 e. The molecule has 0 aliphatic carbocycles. The van der Waals surface area contributed by atoms with Gasteiger partial charge < -0.3 is 10.4 Å². The summed E-state index contributed by atoms with van der Waals surface area (Å²) in [5, 5.41) is 10.5. The topological polar surface area (TPSA) is 49.3 Å². The first-order chi connectivity index (χ1) is 6.26. The fourth-order valence-electron chi connectivity index (χ4n) is 0.793. The molecule has 3 nitrogen and oxygen atoms in total. The van der Waals surface area contributed by atoms with E-state index in [1.165, 1.54) is 0 Å². The molecule has 0 spiro atoms. The molecule has 1 aliphatic heterocycles. The second kappa shape index (κ2) is 3.20. The Hall–Kier alpha value is -1.17. The van der Waals surface area contributed by atoms with E-state index in [1.807, 2.05) is 5.32 Å². The van der Waals surface area contributed by atoms with Crippen molar-refractivity contribution in [2.24, 2.45) is 0 Å². The number of alkyl halides is 4. The standard InChI is InChI=1S/C7H5ClF3NO2/c8-6(5(13)14)2-1-4(3-12-6)7(9,10)11/h1-3,12H,(H,13,14). The van der Waals surface area contributed by atoms with Gasteiger partial charge in [-0.25, -0.2) is 4.79 Å². The molecule has 1 rings (SSSR count). The van der Waals surface area contributed by atoms with E-state index < -0.39 is 22.7 Å². The third-order valence-corrected chi connectivity index (χ3v) is 1.97. The van der Waals surface area contributed by atoms with Crippen LogP contribution in [0.2, 0.25) is 0 Å². The number of allylic oxidation sites excluding steroid dienone is 2. The van der Waals surface area contributed by atoms with Gasteiger partial charge in [-0.15, -0.1) is 0 Å². The summed E-state index contributed by atoms with van der Waals surface area (Å²) < 4.78 is 36.1. The highest BCUT2D eigenvalue weighted by Gasteiger charge is 2.39. The first-order valence-corrected chi connectivity index (χ1v) is 3.80. The summed E-state index contributed by atoms with van der Waals surface area (Å²) in [7, 11) is 0. The van der Waals surface area contributed by atoms with Crippen LogP contribution in [0.4, 0.5) is 13.2 Å². The van der Waals surface area contributed by atoms with Crippen molar-refractivity contribution in [3.05, 3.63) is 23.9 Å². The monoisotopic (exact) mass is 227 g/mol. The maximum absolute atomic E-state index is 12.0. The Balaban J connectivity index is 2.86. The van der Waals surface area contributed by atoms with Crippen LogP contribution in [-0.2, 0) is 4.79 Å². The Morgan fingerprint density at radius 3 is 2.43 bits per heavy atom. The summed E-state index contributed by atoms with van der Waals surface area (Å²) in [5.41, 5.74) is -0.977. The molecule has 0 aromatic carbocycles. The first kappa shape index (κ1) is 10.9. The SMILES string of the molecule is O=C(O)C1(Cl)C=CC(C(F)(F)F)=CN1. The van der Waals surface area contributed by atoms with Gasteiger partial charge in [0.1, 0.15) is 0 Å². The highest BCUT2D eigenvalue weighted by atomic mass is 35.5. The van der Waals surface area contributed by atoms with E-state index in [2.05, 4.69) is 0 Å². The molecule has 0 saturated heterocycles. The number of nitrogens with one attached hydrogen (secondary N) is 1. The quantitative estimate of drug-likeness (QED) is 0.529. The van der Waals surface area contributed by atoms with Gasteiger partial charge in [-0.2, -0.15) is 13.2 Å². The zero-order chi connectivity index (χ0) is 11.0. The molecule has 0 radical (unpaired) electrons. The Morgan fingerprint density at radius 2 is 2.14 bits per heavy atom. The van der Waals surface area contributed by atoms with Crippen molar-refractivity contribution in [3.63, 3.8) is 0 Å². The molecule has 2 N–H and O–H groups in total. The lowest BCUT2D eigenvalue weighted by molar-refractivity contribution is -0.139. The van der Waals surface area contributed by atoms with Gasteiger partial charge in [-0.05, 0) is 12.2 Å². The first-order valence-electron chi connectivity index (χ1n) is 3.42. The smallest absolute Gasteiger partial charge is 0.417 e. The number of hydrogen-bond acceptors (Lipinski definition) is 2. The van der Waals surface area contributed by atoms with Crippen LogP contribution in [-0.4, -0.2) is 22.3 Å². The van der Waals surface area contributed by atoms with E-state index in [0.29, 0.717) is 12.3 Å². The molecule has 0 aromatic rings. The van der Waals surface area contributed by atoms with Gasteiger partial charge in [0.25, 0.3) is 0 Å². The lowest BCUT2D eigenvalue weighted by atomic mass is 10.1. The van der Waals surface area contributed by atoms with Gasteiger partial charge >= 0.3 is 12.1 Å². The van der Waals surface area contributed by atoms with E-state index >= 15 is 0 Å². The maximum atomic E-state index is 12.0. The summed E-state index contributed by atoms with van der Waals surface area (Å²) in [4.78, 5) is 8.48. The second-order valence-electron chi connectivity index (χ2n) is 2.59. The summed E-state index contributed by atoms with van der Waals surface area (Å²) in [6, 6.07) is 0. The largest absolute Gasteiger partial charge is 0.478 e. The zero-order valence-corrected chi connectivity index (χ0v) is 7.36. The van der Waals surface area contributed by atoms with Crippen LogP contribution in [0.1, 0.15) is 0 Å². The molecule has 0 aromatic heterocycles. The second-order valence-corrected chi connectivity index (χ2v) is 3.19. The predicted molar refractivity (Wildman–Crippen MR) is 42.6 cm³/mol. The van der Waals surface area contributed by atoms with Crippen LogP contribution in [0.25, 0.3) is 0 Å². The molecule has 7 heteroatoms. The molecule has 0 bridgehead atoms. The minimum Gasteiger partial charge on any atom is -0.478 e. The number of halogens is 4. The van der Waals surface area contributed by atoms with Crippen LogP contribution in [0.3, 0.4) is 0 Å². The van der Waals surface area contributed by atoms with Crippen molar-refractivity contribution in [1.29, 1.82) is 0 Å². The third-order valence-electron chi connectivity index (χ3n) is 1.57. The molecular formula is C7H5ClF3NO2. The van der Waals surface area contributed by atoms with E-state index in [1.54, 1.807) is 0 Å². The van der Waals surface area contributed by atoms with E-state index in [9.17, 15) is 18.0 Å². The molecule has 0 saturated carbocycles. The summed E-state index contributed by atoms with van der Waals surface area (Å²) in [6.07, 6.45) is -2.63. The fraction of sp³-hybridized carbons (Fsp3) is 0.286. The van der Waals surface area contributed by atoms with Crippen molar-refractivity contribution in [1.82, 2.24) is 5.32 Å². The Kier molecular flexibility index (Phi) is 2.49. The zero-order valence-electron chi connectivity index (χ0n) is 6.60. The fourth-order valence-corrected chi connectivity index (χ4v) is 0.911. The molecule has 0 amide bonds. The molecule has 14 heavy (non-hydrogen) atoms. The summed E-state index contributed by atoms with van der Waals surface area (Å²) >= 11 is 5.42. The normalized spacial score (nSPS) is 26.7. The van der Waals surface area contributed by atoms with Crippen molar-refractivity contribution >= 4 is 17.6 Å². The summed E-state index contributed by atoms with van der Waals surface area (Å²) in [6.45, 7) is 0. The average molecular weight is 228 g/mol. The number of carboxylic acid groups (broad SMARTS) is 1. The highest BCUT2D eigenvalue weighted by Crippen LogP contribution is 2.30. The Labute approximate surface area is 81.8 Å². The Bertz CT molecular complexity index is 323. The van der Waals surface area contributed by atoms with Crippen LogP contribution < -0.4 is 5.32 Å². The Morgan fingerprint density at radius 1 is 1.57 bits per heavy atom. The van der Waals surface area contributed by atoms with Crippen molar-refractivity contribution in [3.8, 4) is 0 Å². The third kappa shape index (κ3) is 2.01. The van der Waals surface area contributed by atoms with Crippen LogP contribution >= 0.6 is 11.6 Å².